The molecule has 0 fully saturated rings. The predicted octanol–water partition coefficient (Wildman–Crippen LogP) is 8.41. The third-order valence-corrected chi connectivity index (χ3v) is 6.12. The Morgan fingerprint density at radius 1 is 0.935 bits per heavy atom. The summed E-state index contributed by atoms with van der Waals surface area (Å²) in [5.74, 6) is 0. The van der Waals surface area contributed by atoms with Crippen molar-refractivity contribution in [3.05, 3.63) is 83.4 Å². The maximum atomic E-state index is 4.26. The molecule has 0 amide bonds. The number of hydrogen-bond acceptors (Lipinski definition) is 1. The van der Waals surface area contributed by atoms with Crippen LogP contribution >= 0.6 is 0 Å². The summed E-state index contributed by atoms with van der Waals surface area (Å²) < 4.78 is 0. The van der Waals surface area contributed by atoms with E-state index < -0.39 is 0 Å². The van der Waals surface area contributed by atoms with E-state index in [0.29, 0.717) is 0 Å². The van der Waals surface area contributed by atoms with Gasteiger partial charge in [0.05, 0.1) is 0 Å². The van der Waals surface area contributed by atoms with E-state index >= 15 is 0 Å². The first kappa shape index (κ1) is 22.9. The minimum atomic E-state index is 0.0709. The molecule has 31 heavy (non-hydrogen) atoms. The first-order chi connectivity index (χ1) is 14.6. The Morgan fingerprint density at radius 2 is 1.58 bits per heavy atom. The van der Waals surface area contributed by atoms with Crippen molar-refractivity contribution in [3.63, 3.8) is 0 Å². The molecule has 0 bridgehead atoms. The summed E-state index contributed by atoms with van der Waals surface area (Å²) in [5.41, 5.74) is 10.4. The summed E-state index contributed by atoms with van der Waals surface area (Å²) in [4.78, 5) is 2.15. The highest BCUT2D eigenvalue weighted by Crippen LogP contribution is 2.38. The quantitative estimate of drug-likeness (QED) is 0.381. The fourth-order valence-electron chi connectivity index (χ4n) is 4.45. The summed E-state index contributed by atoms with van der Waals surface area (Å²) in [5, 5.41) is 2.54. The van der Waals surface area contributed by atoms with Crippen molar-refractivity contribution >= 4 is 22.0 Å². The SMILES string of the molecule is C=C(C)/C(=C\C)c1cc(-c2ccc3cc(N(C)C)ccc3c2)cc(C(C)(C)C)c1CC. The molecule has 3 aromatic rings. The van der Waals surface area contributed by atoms with Crippen LogP contribution in [0, 0.1) is 0 Å². The average Bonchev–Trinajstić information content (AvgIpc) is 2.71. The van der Waals surface area contributed by atoms with Gasteiger partial charge in [0.1, 0.15) is 0 Å². The van der Waals surface area contributed by atoms with Gasteiger partial charge in [0.15, 0.2) is 0 Å². The molecule has 0 aliphatic carbocycles. The normalized spacial score (nSPS) is 12.3. The summed E-state index contributed by atoms with van der Waals surface area (Å²) >= 11 is 0. The van der Waals surface area contributed by atoms with Crippen molar-refractivity contribution in [3.8, 4) is 11.1 Å². The zero-order chi connectivity index (χ0) is 22.9. The van der Waals surface area contributed by atoms with Gasteiger partial charge in [-0.25, -0.2) is 0 Å². The van der Waals surface area contributed by atoms with E-state index in [0.717, 1.165) is 12.0 Å². The molecule has 0 aromatic heterocycles. The molecule has 0 atom stereocenters. The molecule has 0 unspecified atom stereocenters. The number of hydrogen-bond donors (Lipinski definition) is 0. The second-order valence-corrected chi connectivity index (χ2v) is 9.78. The van der Waals surface area contributed by atoms with Crippen LogP contribution < -0.4 is 4.90 Å². The van der Waals surface area contributed by atoms with Gasteiger partial charge < -0.3 is 4.90 Å². The monoisotopic (exact) mass is 411 g/mol. The lowest BCUT2D eigenvalue weighted by molar-refractivity contribution is 0.583. The van der Waals surface area contributed by atoms with E-state index in [4.69, 9.17) is 0 Å². The molecular formula is C30H37N. The van der Waals surface area contributed by atoms with Crippen LogP contribution in [-0.2, 0) is 11.8 Å². The zero-order valence-corrected chi connectivity index (χ0v) is 20.6. The molecule has 0 heterocycles. The molecule has 0 aliphatic rings. The van der Waals surface area contributed by atoms with Crippen LogP contribution in [0.5, 0.6) is 0 Å². The zero-order valence-electron chi connectivity index (χ0n) is 20.6. The van der Waals surface area contributed by atoms with Crippen molar-refractivity contribution in [2.24, 2.45) is 0 Å². The maximum Gasteiger partial charge on any atom is 0.0367 e. The average molecular weight is 412 g/mol. The van der Waals surface area contributed by atoms with Crippen LogP contribution in [0.15, 0.2) is 66.8 Å². The van der Waals surface area contributed by atoms with Crippen LogP contribution in [0.1, 0.15) is 58.2 Å². The lowest BCUT2D eigenvalue weighted by atomic mass is 9.77. The van der Waals surface area contributed by atoms with E-state index in [9.17, 15) is 0 Å². The molecule has 0 spiro atoms. The number of anilines is 1. The number of rotatable bonds is 5. The minimum Gasteiger partial charge on any atom is -0.378 e. The molecule has 1 heteroatoms. The van der Waals surface area contributed by atoms with E-state index in [2.05, 4.69) is 122 Å². The van der Waals surface area contributed by atoms with Crippen molar-refractivity contribution in [1.82, 2.24) is 0 Å². The molecule has 3 rings (SSSR count). The second kappa shape index (κ2) is 8.75. The summed E-state index contributed by atoms with van der Waals surface area (Å²) in [6.07, 6.45) is 3.22. The Labute approximate surface area is 189 Å². The van der Waals surface area contributed by atoms with Gasteiger partial charge in [0.2, 0.25) is 0 Å². The third-order valence-electron chi connectivity index (χ3n) is 6.12. The van der Waals surface area contributed by atoms with Gasteiger partial charge in [-0.3, -0.25) is 0 Å². The van der Waals surface area contributed by atoms with Gasteiger partial charge in [-0.1, -0.05) is 70.2 Å². The number of benzene rings is 3. The molecular weight excluding hydrogens is 374 g/mol. The molecule has 0 N–H and O–H groups in total. The molecule has 0 aliphatic heterocycles. The van der Waals surface area contributed by atoms with Crippen molar-refractivity contribution in [2.75, 3.05) is 19.0 Å². The lowest BCUT2D eigenvalue weighted by Crippen LogP contribution is -2.16. The van der Waals surface area contributed by atoms with Crippen LogP contribution in [0.3, 0.4) is 0 Å². The Kier molecular flexibility index (Phi) is 6.46. The molecule has 0 saturated heterocycles. The van der Waals surface area contributed by atoms with Crippen molar-refractivity contribution < 1.29 is 0 Å². The van der Waals surface area contributed by atoms with E-state index in [-0.39, 0.29) is 5.41 Å². The summed E-state index contributed by atoms with van der Waals surface area (Å²) in [6.45, 7) is 17.7. The van der Waals surface area contributed by atoms with Gasteiger partial charge in [-0.15, -0.1) is 0 Å². The van der Waals surface area contributed by atoms with Gasteiger partial charge in [0.25, 0.3) is 0 Å². The molecule has 0 saturated carbocycles. The lowest BCUT2D eigenvalue weighted by Gasteiger charge is -2.27. The Balaban J connectivity index is 2.27. The first-order valence-electron chi connectivity index (χ1n) is 11.3. The van der Waals surface area contributed by atoms with E-state index in [1.54, 1.807) is 0 Å². The van der Waals surface area contributed by atoms with Gasteiger partial charge in [-0.05, 0) is 94.1 Å². The fraction of sp³-hybridized carbons (Fsp3) is 0.333. The van der Waals surface area contributed by atoms with Gasteiger partial charge in [-0.2, -0.15) is 0 Å². The Bertz CT molecular complexity index is 1150. The van der Waals surface area contributed by atoms with Crippen LogP contribution in [0.25, 0.3) is 27.5 Å². The van der Waals surface area contributed by atoms with Crippen LogP contribution in [-0.4, -0.2) is 14.1 Å². The smallest absolute Gasteiger partial charge is 0.0367 e. The van der Waals surface area contributed by atoms with Gasteiger partial charge >= 0.3 is 0 Å². The van der Waals surface area contributed by atoms with E-state index in [1.807, 2.05) is 0 Å². The Morgan fingerprint density at radius 3 is 2.13 bits per heavy atom. The first-order valence-corrected chi connectivity index (χ1v) is 11.3. The van der Waals surface area contributed by atoms with Crippen LogP contribution in [0.4, 0.5) is 5.69 Å². The largest absolute Gasteiger partial charge is 0.378 e. The minimum absolute atomic E-state index is 0.0709. The highest BCUT2D eigenvalue weighted by Gasteiger charge is 2.22. The maximum absolute atomic E-state index is 4.26. The topological polar surface area (TPSA) is 3.24 Å². The van der Waals surface area contributed by atoms with E-state index in [1.165, 1.54) is 49.9 Å². The van der Waals surface area contributed by atoms with Crippen LogP contribution in [0.2, 0.25) is 0 Å². The summed E-state index contributed by atoms with van der Waals surface area (Å²) in [7, 11) is 4.17. The second-order valence-electron chi connectivity index (χ2n) is 9.78. The number of nitrogens with zero attached hydrogens (tertiary/aromatic N) is 1. The van der Waals surface area contributed by atoms with Gasteiger partial charge in [0, 0.05) is 19.8 Å². The molecule has 3 aromatic carbocycles. The van der Waals surface area contributed by atoms with Crippen molar-refractivity contribution in [2.45, 2.75) is 53.4 Å². The predicted molar refractivity (Wildman–Crippen MR) is 140 cm³/mol. The van der Waals surface area contributed by atoms with Crippen molar-refractivity contribution in [1.29, 1.82) is 0 Å². The molecule has 162 valence electrons. The highest BCUT2D eigenvalue weighted by molar-refractivity contribution is 5.91. The Hall–Kier alpha value is -2.80. The molecule has 0 radical (unpaired) electrons. The standard InChI is InChI=1S/C30H37N/c1-10-26(20(3)4)28-18-24(19-29(27(28)11-2)30(5,6)7)22-12-13-23-17-25(31(8)9)15-14-21(23)16-22/h10,12-19H,3,11H2,1-2,4-9H3/b26-10+. The highest BCUT2D eigenvalue weighted by atomic mass is 15.1. The third kappa shape index (κ3) is 4.61. The summed E-state index contributed by atoms with van der Waals surface area (Å²) in [6, 6.07) is 18.3. The molecule has 1 nitrogen and oxygen atoms in total. The number of fused-ring (bicyclic) bond motifs is 1. The fourth-order valence-corrected chi connectivity index (χ4v) is 4.45. The number of allylic oxidation sites excluding steroid dienone is 3.